The number of hydrogen-bond acceptors (Lipinski definition) is 6. The van der Waals surface area contributed by atoms with Gasteiger partial charge in [-0.05, 0) is 6.92 Å². The van der Waals surface area contributed by atoms with Gasteiger partial charge in [-0.15, -0.1) is 11.8 Å². The maximum atomic E-state index is 12.0. The Bertz CT molecular complexity index is 535. The number of carboxylic acids is 1. The first-order chi connectivity index (χ1) is 11.0. The van der Waals surface area contributed by atoms with E-state index in [4.69, 9.17) is 5.73 Å². The summed E-state index contributed by atoms with van der Waals surface area (Å²) in [4.78, 5) is 29.5. The number of fused-ring (bicyclic) bond motifs is 1. The number of aliphatic imine (C=N–C) groups is 1. The fraction of sp³-hybridized carbons (Fsp3) is 0.643. The fourth-order valence-electron chi connectivity index (χ4n) is 2.86. The van der Waals surface area contributed by atoms with Crippen molar-refractivity contribution >= 4 is 30.0 Å². The molecule has 0 spiro atoms. The minimum atomic E-state index is -1.09. The Hall–Kier alpha value is -1.58. The van der Waals surface area contributed by atoms with E-state index < -0.39 is 18.0 Å². The molecule has 0 aliphatic carbocycles. The van der Waals surface area contributed by atoms with Crippen molar-refractivity contribution in [2.24, 2.45) is 16.6 Å². The Kier molecular flexibility index (Phi) is 6.03. The molecule has 5 N–H and O–H groups in total. The van der Waals surface area contributed by atoms with Crippen molar-refractivity contribution in [3.05, 3.63) is 10.6 Å². The predicted molar refractivity (Wildman–Crippen MR) is 88.0 cm³/mol. The normalized spacial score (nSPS) is 24.8. The van der Waals surface area contributed by atoms with Gasteiger partial charge in [0.25, 0.3) is 0 Å². The van der Waals surface area contributed by atoms with Gasteiger partial charge in [0.1, 0.15) is 5.70 Å². The van der Waals surface area contributed by atoms with Crippen LogP contribution >= 0.6 is 11.8 Å². The molecule has 0 aromatic heterocycles. The van der Waals surface area contributed by atoms with Crippen molar-refractivity contribution in [1.82, 2.24) is 10.2 Å². The van der Waals surface area contributed by atoms with Gasteiger partial charge in [0.15, 0.2) is 0 Å². The van der Waals surface area contributed by atoms with Gasteiger partial charge < -0.3 is 26.2 Å². The number of nitrogens with two attached hydrogens (primary N) is 1. The van der Waals surface area contributed by atoms with Crippen molar-refractivity contribution in [3.63, 3.8) is 0 Å². The molecule has 2 aliphatic heterocycles. The number of aliphatic hydroxyl groups is 1. The Balaban J connectivity index is 1.91. The van der Waals surface area contributed by atoms with Gasteiger partial charge in [-0.1, -0.05) is 0 Å². The van der Waals surface area contributed by atoms with Crippen LogP contribution in [0.5, 0.6) is 0 Å². The largest absolute Gasteiger partial charge is 0.477 e. The smallest absolute Gasteiger partial charge is 0.353 e. The van der Waals surface area contributed by atoms with Crippen molar-refractivity contribution in [3.8, 4) is 0 Å². The third-order valence-corrected chi connectivity index (χ3v) is 4.97. The third-order valence-electron chi connectivity index (χ3n) is 3.85. The summed E-state index contributed by atoms with van der Waals surface area (Å²) in [6.07, 6.45) is 1.33. The quantitative estimate of drug-likeness (QED) is 0.187. The second kappa shape index (κ2) is 7.80. The van der Waals surface area contributed by atoms with Crippen molar-refractivity contribution in [2.45, 2.75) is 25.5 Å². The first kappa shape index (κ1) is 17.8. The summed E-state index contributed by atoms with van der Waals surface area (Å²) in [6, 6.07) is -0.227. The van der Waals surface area contributed by atoms with Gasteiger partial charge in [0.05, 0.1) is 30.9 Å². The summed E-state index contributed by atoms with van der Waals surface area (Å²) in [5.41, 5.74) is 5.38. The van der Waals surface area contributed by atoms with Crippen LogP contribution in [-0.2, 0) is 9.59 Å². The molecule has 2 rings (SSSR count). The fourth-order valence-corrected chi connectivity index (χ4v) is 3.94. The molecule has 1 saturated heterocycles. The lowest BCUT2D eigenvalue weighted by molar-refractivity contribution is -0.161. The van der Waals surface area contributed by atoms with Crippen LogP contribution < -0.4 is 11.1 Å². The summed E-state index contributed by atoms with van der Waals surface area (Å²) in [5.74, 6) is -1.23. The summed E-state index contributed by atoms with van der Waals surface area (Å²) >= 11 is 1.42. The van der Waals surface area contributed by atoms with E-state index in [1.54, 1.807) is 13.3 Å². The van der Waals surface area contributed by atoms with E-state index in [1.807, 2.05) is 0 Å². The first-order valence-electron chi connectivity index (χ1n) is 7.51. The number of thioether (sulfide) groups is 1. The van der Waals surface area contributed by atoms with Crippen LogP contribution in [0.2, 0.25) is 0 Å². The zero-order valence-corrected chi connectivity index (χ0v) is 13.8. The first-order valence-corrected chi connectivity index (χ1v) is 8.49. The topological polar surface area (TPSA) is 128 Å². The maximum absolute atomic E-state index is 12.0. The van der Waals surface area contributed by atoms with Crippen LogP contribution in [0.3, 0.4) is 0 Å². The van der Waals surface area contributed by atoms with E-state index in [0.29, 0.717) is 36.7 Å². The molecule has 3 atom stereocenters. The zero-order chi connectivity index (χ0) is 17.0. The summed E-state index contributed by atoms with van der Waals surface area (Å²) < 4.78 is 0. The molecule has 1 amide bonds. The molecule has 0 unspecified atom stereocenters. The standard InChI is InChI=1S/C14H22N4O4S/c1-8(19)11-9-6-10(12(14(21)22)18(9)13(11)20)23-5-4-17-7-16-3-2-15/h7-9,11,19H,2-6,15H2,1H3,(H,16,17)(H,21,22)/t8-,9-,11-/m1/s1. The van der Waals surface area contributed by atoms with Gasteiger partial charge in [-0.25, -0.2) is 4.79 Å². The number of hydrogen-bond donors (Lipinski definition) is 4. The molecule has 128 valence electrons. The van der Waals surface area contributed by atoms with Gasteiger partial charge in [-0.2, -0.15) is 0 Å². The van der Waals surface area contributed by atoms with Gasteiger partial charge in [0, 0.05) is 30.2 Å². The van der Waals surface area contributed by atoms with E-state index in [0.717, 1.165) is 0 Å². The number of nitrogens with one attached hydrogen (secondary N) is 1. The van der Waals surface area contributed by atoms with Crippen LogP contribution in [0.4, 0.5) is 0 Å². The zero-order valence-electron chi connectivity index (χ0n) is 12.9. The second-order valence-corrected chi connectivity index (χ2v) is 6.64. The molecule has 2 heterocycles. The summed E-state index contributed by atoms with van der Waals surface area (Å²) in [5, 5.41) is 22.0. The van der Waals surface area contributed by atoms with E-state index in [2.05, 4.69) is 10.3 Å². The number of amides is 1. The SMILES string of the molecule is C[C@@H](O)[C@H]1C(=O)N2C(C(=O)O)=C(SCCNC=NCCN)C[C@H]12. The van der Waals surface area contributed by atoms with E-state index in [-0.39, 0.29) is 17.6 Å². The molecule has 1 fully saturated rings. The third kappa shape index (κ3) is 3.67. The minimum absolute atomic E-state index is 0.0682. The lowest BCUT2D eigenvalue weighted by Crippen LogP contribution is -2.61. The minimum Gasteiger partial charge on any atom is -0.477 e. The van der Waals surface area contributed by atoms with E-state index >= 15 is 0 Å². The molecule has 9 heteroatoms. The number of aliphatic carboxylic acids is 1. The maximum Gasteiger partial charge on any atom is 0.353 e. The molecule has 2 aliphatic rings. The highest BCUT2D eigenvalue weighted by Crippen LogP contribution is 2.46. The van der Waals surface area contributed by atoms with Crippen LogP contribution in [0.25, 0.3) is 0 Å². The number of aliphatic hydroxyl groups excluding tert-OH is 1. The number of nitrogens with zero attached hydrogens (tertiary/aromatic N) is 2. The lowest BCUT2D eigenvalue weighted by atomic mass is 9.83. The number of carbonyl (C=O) groups is 2. The molecule has 23 heavy (non-hydrogen) atoms. The molecule has 0 bridgehead atoms. The van der Waals surface area contributed by atoms with Crippen LogP contribution in [0.1, 0.15) is 13.3 Å². The lowest BCUT2D eigenvalue weighted by Gasteiger charge is -2.44. The van der Waals surface area contributed by atoms with E-state index in [1.165, 1.54) is 16.7 Å². The predicted octanol–water partition coefficient (Wildman–Crippen LogP) is -0.796. The van der Waals surface area contributed by atoms with E-state index in [9.17, 15) is 19.8 Å². The average molecular weight is 342 g/mol. The molecule has 0 aromatic carbocycles. The van der Waals surface area contributed by atoms with Crippen LogP contribution in [-0.4, -0.2) is 70.9 Å². The Morgan fingerprint density at radius 2 is 2.39 bits per heavy atom. The van der Waals surface area contributed by atoms with Crippen LogP contribution in [0.15, 0.2) is 15.6 Å². The number of carbonyl (C=O) groups excluding carboxylic acids is 1. The van der Waals surface area contributed by atoms with Crippen molar-refractivity contribution < 1.29 is 19.8 Å². The number of rotatable bonds is 9. The molecule has 0 saturated carbocycles. The Morgan fingerprint density at radius 1 is 1.65 bits per heavy atom. The molecule has 8 nitrogen and oxygen atoms in total. The average Bonchev–Trinajstić information content (AvgIpc) is 2.80. The molecular weight excluding hydrogens is 320 g/mol. The highest BCUT2D eigenvalue weighted by molar-refractivity contribution is 8.03. The van der Waals surface area contributed by atoms with Gasteiger partial charge in [0.2, 0.25) is 5.91 Å². The van der Waals surface area contributed by atoms with Crippen molar-refractivity contribution in [1.29, 1.82) is 0 Å². The highest BCUT2D eigenvalue weighted by atomic mass is 32.2. The Morgan fingerprint density at radius 3 is 3.00 bits per heavy atom. The van der Waals surface area contributed by atoms with Gasteiger partial charge >= 0.3 is 5.97 Å². The van der Waals surface area contributed by atoms with Gasteiger partial charge in [-0.3, -0.25) is 9.79 Å². The number of carboxylic acid groups (broad SMARTS) is 1. The molecule has 0 radical (unpaired) electrons. The molecule has 0 aromatic rings. The van der Waals surface area contributed by atoms with Crippen LogP contribution in [0, 0.1) is 5.92 Å². The highest BCUT2D eigenvalue weighted by Gasteiger charge is 2.56. The summed E-state index contributed by atoms with van der Waals surface area (Å²) in [6.45, 7) is 3.26. The monoisotopic (exact) mass is 342 g/mol. The van der Waals surface area contributed by atoms with Crippen molar-refractivity contribution in [2.75, 3.05) is 25.4 Å². The second-order valence-electron chi connectivity index (χ2n) is 5.45. The number of β-lactam (4-membered cyclic amide) rings is 1. The molecular formula is C14H22N4O4S. The summed E-state index contributed by atoms with van der Waals surface area (Å²) in [7, 11) is 0. The Labute approximate surface area is 138 Å².